The first kappa shape index (κ1) is 19.2. The number of nitrogens with one attached hydrogen (secondary N) is 1. The van der Waals surface area contributed by atoms with Crippen LogP contribution in [0.4, 0.5) is 5.69 Å². The van der Waals surface area contributed by atoms with Crippen molar-refractivity contribution in [1.29, 1.82) is 0 Å². The summed E-state index contributed by atoms with van der Waals surface area (Å²) in [6, 6.07) is 7.46. The first-order valence-electron chi connectivity index (χ1n) is 9.06. The average molecular weight is 343 g/mol. The first-order valence-corrected chi connectivity index (χ1v) is 9.06. The topological polar surface area (TPSA) is 77.1 Å². The summed E-state index contributed by atoms with van der Waals surface area (Å²) < 4.78 is 1.80. The molecule has 0 saturated heterocycles. The third kappa shape index (κ3) is 5.16. The Kier molecular flexibility index (Phi) is 6.76. The predicted octanol–water partition coefficient (Wildman–Crippen LogP) is 3.42. The highest BCUT2D eigenvalue weighted by atomic mass is 16.1. The van der Waals surface area contributed by atoms with Crippen LogP contribution in [0.2, 0.25) is 0 Å². The van der Waals surface area contributed by atoms with Gasteiger partial charge in [-0.1, -0.05) is 26.3 Å². The molecule has 2 aromatic rings. The molecule has 0 radical (unpaired) electrons. The highest BCUT2D eigenvalue weighted by molar-refractivity contribution is 5.94. The molecule has 3 N–H and O–H groups in total. The molecule has 0 spiro atoms. The molecule has 1 heterocycles. The lowest BCUT2D eigenvalue weighted by Gasteiger charge is -2.15. The van der Waals surface area contributed by atoms with E-state index in [2.05, 4.69) is 19.2 Å². The third-order valence-corrected chi connectivity index (χ3v) is 4.26. The van der Waals surface area contributed by atoms with Crippen LogP contribution in [0.15, 0.2) is 29.1 Å². The third-order valence-electron chi connectivity index (χ3n) is 4.26. The number of carbonyl (C=O) groups excluding carboxylic acids is 1. The number of unbranched alkanes of at least 4 members (excludes halogenated alkanes) is 2. The highest BCUT2D eigenvalue weighted by Crippen LogP contribution is 2.22. The smallest absolute Gasteiger partial charge is 0.251 e. The fraction of sp³-hybridized carbons (Fsp3) is 0.500. The Labute approximate surface area is 149 Å². The lowest BCUT2D eigenvalue weighted by atomic mass is 10.1. The van der Waals surface area contributed by atoms with E-state index in [-0.39, 0.29) is 11.5 Å². The minimum atomic E-state index is 0.00165. The van der Waals surface area contributed by atoms with Crippen LogP contribution in [0.1, 0.15) is 45.1 Å². The molecule has 0 saturated carbocycles. The lowest BCUT2D eigenvalue weighted by molar-refractivity contribution is -0.116. The minimum absolute atomic E-state index is 0.00165. The number of anilines is 1. The van der Waals surface area contributed by atoms with Crippen LogP contribution in [-0.4, -0.2) is 17.0 Å². The summed E-state index contributed by atoms with van der Waals surface area (Å²) in [6.07, 6.45) is 3.25. The summed E-state index contributed by atoms with van der Waals surface area (Å²) >= 11 is 0. The number of aryl methyl sites for hydroxylation is 1. The maximum atomic E-state index is 12.4. The maximum absolute atomic E-state index is 12.4. The van der Waals surface area contributed by atoms with Crippen molar-refractivity contribution in [3.63, 3.8) is 0 Å². The normalized spacial score (nSPS) is 11.2. The Morgan fingerprint density at radius 3 is 2.64 bits per heavy atom. The molecule has 25 heavy (non-hydrogen) atoms. The Morgan fingerprint density at radius 1 is 1.20 bits per heavy atom. The molecule has 0 aliphatic carbocycles. The van der Waals surface area contributed by atoms with Crippen molar-refractivity contribution >= 4 is 22.5 Å². The molecular formula is C20H29N3O2. The molecule has 5 heteroatoms. The molecule has 1 amide bonds. The summed E-state index contributed by atoms with van der Waals surface area (Å²) in [7, 11) is 0. The molecule has 2 rings (SSSR count). The van der Waals surface area contributed by atoms with Gasteiger partial charge >= 0.3 is 0 Å². The second kappa shape index (κ2) is 8.81. The quantitative estimate of drug-likeness (QED) is 0.721. The van der Waals surface area contributed by atoms with Gasteiger partial charge in [-0.3, -0.25) is 9.59 Å². The van der Waals surface area contributed by atoms with E-state index < -0.39 is 0 Å². The molecule has 0 unspecified atom stereocenters. The number of rotatable bonds is 8. The van der Waals surface area contributed by atoms with Crippen LogP contribution in [0.25, 0.3) is 10.9 Å². The van der Waals surface area contributed by atoms with Gasteiger partial charge in [0.05, 0.1) is 5.52 Å². The predicted molar refractivity (Wildman–Crippen MR) is 104 cm³/mol. The van der Waals surface area contributed by atoms with Crippen LogP contribution < -0.4 is 16.6 Å². The fourth-order valence-corrected chi connectivity index (χ4v) is 3.01. The van der Waals surface area contributed by atoms with Crippen molar-refractivity contribution in [3.8, 4) is 0 Å². The lowest BCUT2D eigenvalue weighted by Crippen LogP contribution is -2.23. The molecule has 136 valence electrons. The van der Waals surface area contributed by atoms with E-state index >= 15 is 0 Å². The number of amides is 1. The van der Waals surface area contributed by atoms with E-state index in [1.165, 1.54) is 0 Å². The number of fused-ring (bicyclic) bond motifs is 1. The zero-order valence-electron chi connectivity index (χ0n) is 15.5. The number of nitrogens with two attached hydrogens (primary N) is 1. The minimum Gasteiger partial charge on any atom is -0.330 e. The number of hydrogen-bond donors (Lipinski definition) is 2. The number of pyridine rings is 1. The van der Waals surface area contributed by atoms with Gasteiger partial charge in [-0.05, 0) is 49.9 Å². The molecule has 1 aromatic carbocycles. The van der Waals surface area contributed by atoms with Crippen molar-refractivity contribution in [2.45, 2.75) is 53.0 Å². The maximum Gasteiger partial charge on any atom is 0.251 e. The van der Waals surface area contributed by atoms with Gasteiger partial charge < -0.3 is 15.6 Å². The summed E-state index contributed by atoms with van der Waals surface area (Å²) in [5.74, 6) is 0.367. The van der Waals surface area contributed by atoms with Gasteiger partial charge in [0, 0.05) is 30.1 Å². The number of nitrogens with zero attached hydrogens (tertiary/aromatic N) is 1. The van der Waals surface area contributed by atoms with Crippen LogP contribution in [-0.2, 0) is 11.3 Å². The Bertz CT molecular complexity index is 793. The van der Waals surface area contributed by atoms with Gasteiger partial charge in [-0.15, -0.1) is 0 Å². The molecule has 5 nitrogen and oxygen atoms in total. The van der Waals surface area contributed by atoms with E-state index in [0.717, 1.165) is 41.4 Å². The van der Waals surface area contributed by atoms with E-state index in [9.17, 15) is 9.59 Å². The zero-order chi connectivity index (χ0) is 18.4. The van der Waals surface area contributed by atoms with Crippen molar-refractivity contribution in [2.24, 2.45) is 11.7 Å². The van der Waals surface area contributed by atoms with Crippen molar-refractivity contribution in [1.82, 2.24) is 4.57 Å². The number of aromatic nitrogens is 1. The number of carbonyl (C=O) groups is 1. The molecule has 0 bridgehead atoms. The zero-order valence-corrected chi connectivity index (χ0v) is 15.5. The largest absolute Gasteiger partial charge is 0.330 e. The average Bonchev–Trinajstić information content (AvgIpc) is 2.55. The van der Waals surface area contributed by atoms with Gasteiger partial charge in [0.25, 0.3) is 5.56 Å². The van der Waals surface area contributed by atoms with Gasteiger partial charge in [-0.2, -0.15) is 0 Å². The van der Waals surface area contributed by atoms with Crippen molar-refractivity contribution in [2.75, 3.05) is 11.9 Å². The second-order valence-corrected chi connectivity index (χ2v) is 7.05. The Balaban J connectivity index is 2.25. The standard InChI is InChI=1S/C20H29N3O2/c1-14(2)13-23-18-12-16(22-19(24)7-5-4-6-10-21)8-9-17(18)15(3)11-20(23)25/h8-9,11-12,14H,4-7,10,13,21H2,1-3H3,(H,22,24). The second-order valence-electron chi connectivity index (χ2n) is 7.05. The van der Waals surface area contributed by atoms with Gasteiger partial charge in [0.1, 0.15) is 0 Å². The SMILES string of the molecule is Cc1cc(=O)n(CC(C)C)c2cc(NC(=O)CCCCCN)ccc12. The van der Waals surface area contributed by atoms with Crippen LogP contribution >= 0.6 is 0 Å². The molecule has 0 fully saturated rings. The molecular weight excluding hydrogens is 314 g/mol. The van der Waals surface area contributed by atoms with Crippen LogP contribution in [0.5, 0.6) is 0 Å². The molecule has 0 aliphatic heterocycles. The van der Waals surface area contributed by atoms with E-state index in [1.807, 2.05) is 25.1 Å². The molecule has 0 aliphatic rings. The van der Waals surface area contributed by atoms with E-state index in [4.69, 9.17) is 5.73 Å². The Hall–Kier alpha value is -2.14. The van der Waals surface area contributed by atoms with Crippen LogP contribution in [0, 0.1) is 12.8 Å². The fourth-order valence-electron chi connectivity index (χ4n) is 3.01. The highest BCUT2D eigenvalue weighted by Gasteiger charge is 2.10. The summed E-state index contributed by atoms with van der Waals surface area (Å²) in [6.45, 7) is 7.44. The summed E-state index contributed by atoms with van der Waals surface area (Å²) in [5, 5.41) is 3.99. The summed E-state index contributed by atoms with van der Waals surface area (Å²) in [5.41, 5.74) is 8.04. The van der Waals surface area contributed by atoms with Gasteiger partial charge in [-0.25, -0.2) is 0 Å². The number of hydrogen-bond acceptors (Lipinski definition) is 3. The van der Waals surface area contributed by atoms with Crippen LogP contribution in [0.3, 0.4) is 0 Å². The Morgan fingerprint density at radius 2 is 1.96 bits per heavy atom. The molecule has 1 aromatic heterocycles. The van der Waals surface area contributed by atoms with Crippen molar-refractivity contribution in [3.05, 3.63) is 40.2 Å². The number of benzene rings is 1. The van der Waals surface area contributed by atoms with E-state index in [0.29, 0.717) is 25.4 Å². The molecule has 0 atom stereocenters. The van der Waals surface area contributed by atoms with Crippen molar-refractivity contribution < 1.29 is 4.79 Å². The monoisotopic (exact) mass is 343 g/mol. The summed E-state index contributed by atoms with van der Waals surface area (Å²) in [4.78, 5) is 24.5. The van der Waals surface area contributed by atoms with Gasteiger partial charge in [0.2, 0.25) is 5.91 Å². The van der Waals surface area contributed by atoms with Gasteiger partial charge in [0.15, 0.2) is 0 Å². The first-order chi connectivity index (χ1) is 11.9. The van der Waals surface area contributed by atoms with E-state index in [1.54, 1.807) is 10.6 Å².